The van der Waals surface area contributed by atoms with Gasteiger partial charge in [0.25, 0.3) is 5.91 Å². The Morgan fingerprint density at radius 3 is 2.60 bits per heavy atom. The number of carboxylic acid groups (broad SMARTS) is 1. The topological polar surface area (TPSA) is 65.8 Å². The van der Waals surface area contributed by atoms with Crippen LogP contribution < -0.4 is 0 Å². The minimum atomic E-state index is -0.931. The fourth-order valence-electron chi connectivity index (χ4n) is 2.72. The lowest BCUT2D eigenvalue weighted by molar-refractivity contribution is -0.144. The highest BCUT2D eigenvalue weighted by molar-refractivity contribution is 5.95. The zero-order valence-corrected chi connectivity index (χ0v) is 12.1. The summed E-state index contributed by atoms with van der Waals surface area (Å²) < 4.78 is 1.72. The van der Waals surface area contributed by atoms with Crippen LogP contribution in [0.1, 0.15) is 23.3 Å². The van der Waals surface area contributed by atoms with Crippen molar-refractivity contribution >= 4 is 11.9 Å². The SMILES string of the molecule is CN(C)C1CCN(C(=O)c2cccn2C)C(C(=O)O)C1. The molecule has 0 aromatic carbocycles. The second-order valence-electron chi connectivity index (χ2n) is 5.50. The first-order valence-corrected chi connectivity index (χ1v) is 6.73. The molecule has 1 fully saturated rings. The number of hydrogen-bond donors (Lipinski definition) is 1. The van der Waals surface area contributed by atoms with Crippen LogP contribution in [0.3, 0.4) is 0 Å². The van der Waals surface area contributed by atoms with Crippen LogP contribution in [0.2, 0.25) is 0 Å². The highest BCUT2D eigenvalue weighted by Gasteiger charge is 2.37. The number of carbonyl (C=O) groups is 2. The number of hydrogen-bond acceptors (Lipinski definition) is 3. The molecule has 20 heavy (non-hydrogen) atoms. The molecule has 2 rings (SSSR count). The van der Waals surface area contributed by atoms with Crippen LogP contribution in [0.5, 0.6) is 0 Å². The van der Waals surface area contributed by atoms with E-state index in [1.807, 2.05) is 19.0 Å². The molecule has 1 aromatic rings. The Morgan fingerprint density at radius 2 is 2.10 bits per heavy atom. The van der Waals surface area contributed by atoms with Crippen molar-refractivity contribution in [1.29, 1.82) is 0 Å². The van der Waals surface area contributed by atoms with E-state index < -0.39 is 12.0 Å². The Kier molecular flexibility index (Phi) is 4.13. The molecule has 6 nitrogen and oxygen atoms in total. The Hall–Kier alpha value is -1.82. The molecule has 0 aliphatic carbocycles. The average molecular weight is 279 g/mol. The molecule has 0 radical (unpaired) electrons. The van der Waals surface area contributed by atoms with E-state index in [1.54, 1.807) is 29.9 Å². The third-order valence-corrected chi connectivity index (χ3v) is 4.01. The van der Waals surface area contributed by atoms with Gasteiger partial charge in [0, 0.05) is 25.8 Å². The molecular formula is C14H21N3O3. The quantitative estimate of drug-likeness (QED) is 0.882. The monoisotopic (exact) mass is 279 g/mol. The molecule has 0 spiro atoms. The molecule has 1 aliphatic heterocycles. The van der Waals surface area contributed by atoms with Crippen molar-refractivity contribution in [3.05, 3.63) is 24.0 Å². The Morgan fingerprint density at radius 1 is 1.40 bits per heavy atom. The van der Waals surface area contributed by atoms with Crippen molar-refractivity contribution in [2.24, 2.45) is 7.05 Å². The zero-order chi connectivity index (χ0) is 14.9. The predicted molar refractivity (Wildman–Crippen MR) is 74.6 cm³/mol. The van der Waals surface area contributed by atoms with Gasteiger partial charge in [0.15, 0.2) is 0 Å². The number of aryl methyl sites for hydroxylation is 1. The van der Waals surface area contributed by atoms with Gasteiger partial charge in [-0.05, 0) is 39.1 Å². The number of likely N-dealkylation sites (tertiary alicyclic amines) is 1. The van der Waals surface area contributed by atoms with Crippen LogP contribution in [0.15, 0.2) is 18.3 Å². The van der Waals surface area contributed by atoms with Crippen molar-refractivity contribution < 1.29 is 14.7 Å². The van der Waals surface area contributed by atoms with E-state index in [1.165, 1.54) is 4.90 Å². The highest BCUT2D eigenvalue weighted by Crippen LogP contribution is 2.23. The van der Waals surface area contributed by atoms with Crippen LogP contribution in [0.25, 0.3) is 0 Å². The van der Waals surface area contributed by atoms with Gasteiger partial charge >= 0.3 is 5.97 Å². The van der Waals surface area contributed by atoms with Gasteiger partial charge in [-0.15, -0.1) is 0 Å². The molecule has 2 unspecified atom stereocenters. The van der Waals surface area contributed by atoms with Crippen LogP contribution >= 0.6 is 0 Å². The highest BCUT2D eigenvalue weighted by atomic mass is 16.4. The van der Waals surface area contributed by atoms with Crippen LogP contribution in [-0.4, -0.2) is 64.1 Å². The zero-order valence-electron chi connectivity index (χ0n) is 12.1. The number of carboxylic acids is 1. The summed E-state index contributed by atoms with van der Waals surface area (Å²) in [6.07, 6.45) is 3.06. The van der Waals surface area contributed by atoms with Crippen molar-refractivity contribution in [1.82, 2.24) is 14.4 Å². The summed E-state index contributed by atoms with van der Waals surface area (Å²) in [5.74, 6) is -1.14. The van der Waals surface area contributed by atoms with E-state index in [0.29, 0.717) is 18.7 Å². The Balaban J connectivity index is 2.20. The number of piperidine rings is 1. The maximum atomic E-state index is 12.5. The summed E-state index contributed by atoms with van der Waals surface area (Å²) in [6.45, 7) is 0.476. The molecule has 2 heterocycles. The molecule has 1 aliphatic rings. The van der Waals surface area contributed by atoms with Crippen molar-refractivity contribution in [3.8, 4) is 0 Å². The predicted octanol–water partition coefficient (Wildman–Crippen LogP) is 0.644. The maximum Gasteiger partial charge on any atom is 0.326 e. The third-order valence-electron chi connectivity index (χ3n) is 4.01. The molecular weight excluding hydrogens is 258 g/mol. The van der Waals surface area contributed by atoms with Crippen molar-refractivity contribution in [2.45, 2.75) is 24.9 Å². The van der Waals surface area contributed by atoms with Gasteiger partial charge in [-0.1, -0.05) is 0 Å². The molecule has 0 saturated carbocycles. The fourth-order valence-corrected chi connectivity index (χ4v) is 2.72. The summed E-state index contributed by atoms with van der Waals surface area (Å²) in [4.78, 5) is 27.5. The van der Waals surface area contributed by atoms with E-state index in [-0.39, 0.29) is 11.9 Å². The minimum absolute atomic E-state index is 0.202. The van der Waals surface area contributed by atoms with Gasteiger partial charge in [0.05, 0.1) is 0 Å². The summed E-state index contributed by atoms with van der Waals surface area (Å²) in [6, 6.07) is 2.96. The first-order valence-electron chi connectivity index (χ1n) is 6.73. The number of rotatable bonds is 3. The molecule has 1 N–H and O–H groups in total. The second-order valence-corrected chi connectivity index (χ2v) is 5.50. The van der Waals surface area contributed by atoms with E-state index in [4.69, 9.17) is 0 Å². The van der Waals surface area contributed by atoms with Crippen LogP contribution in [-0.2, 0) is 11.8 Å². The average Bonchev–Trinajstić information content (AvgIpc) is 2.83. The molecule has 0 bridgehead atoms. The van der Waals surface area contributed by atoms with Crippen molar-refractivity contribution in [3.63, 3.8) is 0 Å². The van der Waals surface area contributed by atoms with E-state index in [0.717, 1.165) is 6.42 Å². The van der Waals surface area contributed by atoms with Gasteiger partial charge in [-0.2, -0.15) is 0 Å². The number of aliphatic carboxylic acids is 1. The first-order chi connectivity index (χ1) is 9.41. The van der Waals surface area contributed by atoms with Gasteiger partial charge < -0.3 is 19.5 Å². The molecule has 2 atom stereocenters. The smallest absolute Gasteiger partial charge is 0.326 e. The third kappa shape index (κ3) is 2.70. The lowest BCUT2D eigenvalue weighted by Crippen LogP contribution is -2.54. The van der Waals surface area contributed by atoms with Gasteiger partial charge in [-0.25, -0.2) is 4.79 Å². The van der Waals surface area contributed by atoms with Crippen molar-refractivity contribution in [2.75, 3.05) is 20.6 Å². The summed E-state index contributed by atoms with van der Waals surface area (Å²) in [5.41, 5.74) is 0.527. The standard InChI is InChI=1S/C14H21N3O3/c1-15(2)10-6-8-17(12(9-10)14(19)20)13(18)11-5-4-7-16(11)3/h4-5,7,10,12H,6,8-9H2,1-3H3,(H,19,20). The number of aromatic nitrogens is 1. The van der Waals surface area contributed by atoms with Crippen LogP contribution in [0.4, 0.5) is 0 Å². The van der Waals surface area contributed by atoms with E-state index in [2.05, 4.69) is 0 Å². The van der Waals surface area contributed by atoms with Gasteiger partial charge in [0.2, 0.25) is 0 Å². The molecule has 1 amide bonds. The molecule has 1 saturated heterocycles. The number of nitrogens with zero attached hydrogens (tertiary/aromatic N) is 3. The summed E-state index contributed by atoms with van der Waals surface area (Å²) in [7, 11) is 5.67. The summed E-state index contributed by atoms with van der Waals surface area (Å²) >= 11 is 0. The van der Waals surface area contributed by atoms with Gasteiger partial charge in [0.1, 0.15) is 11.7 Å². The molecule has 1 aromatic heterocycles. The normalized spacial score (nSPS) is 23.1. The molecule has 6 heteroatoms. The fraction of sp³-hybridized carbons (Fsp3) is 0.571. The lowest BCUT2D eigenvalue weighted by Gasteiger charge is -2.39. The second kappa shape index (κ2) is 5.66. The van der Waals surface area contributed by atoms with Crippen LogP contribution in [0, 0.1) is 0 Å². The first kappa shape index (κ1) is 14.6. The van der Waals surface area contributed by atoms with E-state index in [9.17, 15) is 14.7 Å². The van der Waals surface area contributed by atoms with E-state index >= 15 is 0 Å². The van der Waals surface area contributed by atoms with Gasteiger partial charge in [-0.3, -0.25) is 4.79 Å². The summed E-state index contributed by atoms with van der Waals surface area (Å²) in [5, 5.41) is 9.40. The Labute approximate surface area is 118 Å². The Bertz CT molecular complexity index is 510. The largest absolute Gasteiger partial charge is 0.480 e. The number of carbonyl (C=O) groups excluding carboxylic acids is 1. The lowest BCUT2D eigenvalue weighted by atomic mass is 9.96. The minimum Gasteiger partial charge on any atom is -0.480 e. The molecule has 110 valence electrons. The maximum absolute atomic E-state index is 12.5. The number of amides is 1.